The van der Waals surface area contributed by atoms with Gasteiger partial charge in [0.25, 0.3) is 5.91 Å². The summed E-state index contributed by atoms with van der Waals surface area (Å²) < 4.78 is 36.5. The first-order chi connectivity index (χ1) is 13.3. The molecule has 3 N–H and O–H groups in total. The first-order valence-electron chi connectivity index (χ1n) is 8.86. The molecule has 11 nitrogen and oxygen atoms in total. The van der Waals surface area contributed by atoms with E-state index in [1.165, 1.54) is 17.4 Å². The van der Waals surface area contributed by atoms with Gasteiger partial charge in [-0.25, -0.2) is 18.0 Å². The number of hydrogen-bond acceptors (Lipinski definition) is 7. The van der Waals surface area contributed by atoms with Crippen molar-refractivity contribution in [2.45, 2.75) is 36.8 Å². The average Bonchev–Trinajstić information content (AvgIpc) is 3.32. The molecule has 1 saturated heterocycles. The number of aromatic amines is 1. The molecule has 12 heteroatoms. The molecule has 2 aliphatic rings. The Hall–Kier alpha value is -2.44. The van der Waals surface area contributed by atoms with Crippen LogP contribution in [0.5, 0.6) is 0 Å². The van der Waals surface area contributed by atoms with E-state index in [-0.39, 0.29) is 29.7 Å². The van der Waals surface area contributed by atoms with E-state index in [9.17, 15) is 22.8 Å². The lowest BCUT2D eigenvalue weighted by molar-refractivity contribution is -0.127. The van der Waals surface area contributed by atoms with Gasteiger partial charge in [-0.15, -0.1) is 0 Å². The zero-order valence-corrected chi connectivity index (χ0v) is 16.1. The summed E-state index contributed by atoms with van der Waals surface area (Å²) in [7, 11) is -3.76. The molecule has 1 aromatic rings. The maximum Gasteiger partial charge on any atom is 0.355 e. The van der Waals surface area contributed by atoms with Crippen molar-refractivity contribution in [2.75, 3.05) is 26.3 Å². The standard InChI is InChI=1S/C16H22N4O7S/c1-10(14(21)19-16(23)18-11-2-3-11)27-15(22)13-8-12(9-17-13)28(24,25)20-4-6-26-7-5-20/h8-11,17H,2-7H2,1H3,(H2,18,19,21,23). The highest BCUT2D eigenvalue weighted by atomic mass is 32.2. The Morgan fingerprint density at radius 3 is 2.61 bits per heavy atom. The fraction of sp³-hybridized carbons (Fsp3) is 0.562. The summed E-state index contributed by atoms with van der Waals surface area (Å²) >= 11 is 0. The summed E-state index contributed by atoms with van der Waals surface area (Å²) in [6.07, 6.45) is 1.69. The largest absolute Gasteiger partial charge is 0.448 e. The zero-order chi connectivity index (χ0) is 20.3. The Bertz CT molecular complexity index is 856. The van der Waals surface area contributed by atoms with Gasteiger partial charge >= 0.3 is 12.0 Å². The number of sulfonamides is 1. The maximum absolute atomic E-state index is 12.6. The molecule has 1 aromatic heterocycles. The lowest BCUT2D eigenvalue weighted by Crippen LogP contribution is -2.45. The van der Waals surface area contributed by atoms with Crippen LogP contribution in [0.1, 0.15) is 30.3 Å². The van der Waals surface area contributed by atoms with E-state index in [4.69, 9.17) is 9.47 Å². The van der Waals surface area contributed by atoms with Crippen molar-refractivity contribution < 1.29 is 32.3 Å². The number of nitrogens with zero attached hydrogens (tertiary/aromatic N) is 1. The van der Waals surface area contributed by atoms with Gasteiger partial charge in [-0.2, -0.15) is 4.31 Å². The molecule has 2 fully saturated rings. The van der Waals surface area contributed by atoms with Gasteiger partial charge in [-0.1, -0.05) is 0 Å². The third-order valence-corrected chi connectivity index (χ3v) is 6.16. The van der Waals surface area contributed by atoms with E-state index < -0.39 is 34.0 Å². The van der Waals surface area contributed by atoms with E-state index in [1.54, 1.807) is 0 Å². The van der Waals surface area contributed by atoms with Gasteiger partial charge in [-0.05, 0) is 25.8 Å². The quantitative estimate of drug-likeness (QED) is 0.535. The first-order valence-corrected chi connectivity index (χ1v) is 10.3. The van der Waals surface area contributed by atoms with Gasteiger partial charge in [0, 0.05) is 25.3 Å². The second-order valence-electron chi connectivity index (χ2n) is 6.55. The normalized spacial score (nSPS) is 18.9. The predicted molar refractivity (Wildman–Crippen MR) is 94.9 cm³/mol. The molecule has 1 atom stereocenters. The lowest BCUT2D eigenvalue weighted by Gasteiger charge is -2.25. The molecule has 28 heavy (non-hydrogen) atoms. The van der Waals surface area contributed by atoms with Gasteiger partial charge in [0.05, 0.1) is 13.2 Å². The van der Waals surface area contributed by atoms with Crippen molar-refractivity contribution in [3.63, 3.8) is 0 Å². The number of ether oxygens (including phenoxy) is 2. The third kappa shape index (κ3) is 4.88. The molecule has 3 rings (SSSR count). The maximum atomic E-state index is 12.6. The number of hydrogen-bond donors (Lipinski definition) is 3. The summed E-state index contributed by atoms with van der Waals surface area (Å²) in [5, 5.41) is 4.67. The van der Waals surface area contributed by atoms with Crippen LogP contribution >= 0.6 is 0 Å². The van der Waals surface area contributed by atoms with Crippen molar-refractivity contribution in [2.24, 2.45) is 0 Å². The lowest BCUT2D eigenvalue weighted by atomic mass is 10.3. The average molecular weight is 414 g/mol. The van der Waals surface area contributed by atoms with Crippen molar-refractivity contribution in [3.8, 4) is 0 Å². The molecule has 1 saturated carbocycles. The molecular weight excluding hydrogens is 392 g/mol. The molecular formula is C16H22N4O7S. The fourth-order valence-electron chi connectivity index (χ4n) is 2.52. The van der Waals surface area contributed by atoms with E-state index in [0.717, 1.165) is 18.9 Å². The Labute approximate surface area is 161 Å². The third-order valence-electron chi connectivity index (χ3n) is 4.29. The van der Waals surface area contributed by atoms with E-state index in [1.807, 2.05) is 0 Å². The monoisotopic (exact) mass is 414 g/mol. The van der Waals surface area contributed by atoms with Gasteiger partial charge in [-0.3, -0.25) is 10.1 Å². The molecule has 0 bridgehead atoms. The van der Waals surface area contributed by atoms with Gasteiger partial charge in [0.15, 0.2) is 6.10 Å². The number of H-pyrrole nitrogens is 1. The summed E-state index contributed by atoms with van der Waals surface area (Å²) in [6.45, 7) is 2.38. The molecule has 1 aliphatic heterocycles. The van der Waals surface area contributed by atoms with Crippen molar-refractivity contribution >= 4 is 27.9 Å². The second kappa shape index (κ2) is 8.29. The van der Waals surface area contributed by atoms with Crippen LogP contribution in [0.2, 0.25) is 0 Å². The molecule has 2 heterocycles. The predicted octanol–water partition coefficient (Wildman–Crippen LogP) is -0.431. The molecule has 154 valence electrons. The molecule has 0 spiro atoms. The van der Waals surface area contributed by atoms with Crippen LogP contribution in [0.3, 0.4) is 0 Å². The number of aromatic nitrogens is 1. The van der Waals surface area contributed by atoms with E-state index in [2.05, 4.69) is 15.6 Å². The molecule has 0 aromatic carbocycles. The highest BCUT2D eigenvalue weighted by molar-refractivity contribution is 7.89. The Morgan fingerprint density at radius 1 is 1.29 bits per heavy atom. The van der Waals surface area contributed by atoms with E-state index in [0.29, 0.717) is 13.2 Å². The van der Waals surface area contributed by atoms with Crippen LogP contribution in [0, 0.1) is 0 Å². The fourth-order valence-corrected chi connectivity index (χ4v) is 3.92. The number of rotatable bonds is 6. The number of esters is 1. The number of carbonyl (C=O) groups excluding carboxylic acids is 3. The van der Waals surface area contributed by atoms with E-state index >= 15 is 0 Å². The number of carbonyl (C=O) groups is 3. The smallest absolute Gasteiger partial charge is 0.355 e. The summed E-state index contributed by atoms with van der Waals surface area (Å²) in [4.78, 5) is 38.1. The number of morpholine rings is 1. The highest BCUT2D eigenvalue weighted by Gasteiger charge is 2.29. The first kappa shape index (κ1) is 20.3. The molecule has 3 amide bonds. The van der Waals surface area contributed by atoms with Crippen molar-refractivity contribution in [3.05, 3.63) is 18.0 Å². The second-order valence-corrected chi connectivity index (χ2v) is 8.49. The minimum absolute atomic E-state index is 0.0800. The number of imide groups is 1. The van der Waals surface area contributed by atoms with Gasteiger partial charge < -0.3 is 19.8 Å². The van der Waals surface area contributed by atoms with Crippen molar-refractivity contribution in [1.29, 1.82) is 0 Å². The SMILES string of the molecule is CC(OC(=O)c1cc(S(=O)(=O)N2CCOCC2)c[nH]1)C(=O)NC(=O)NC1CC1. The Morgan fingerprint density at radius 2 is 1.96 bits per heavy atom. The van der Waals surface area contributed by atoms with Crippen LogP contribution in [0.15, 0.2) is 17.2 Å². The summed E-state index contributed by atoms with van der Waals surface area (Å²) in [6, 6.07) is 0.586. The Kier molecular flexibility index (Phi) is 6.01. The van der Waals surface area contributed by atoms with Crippen molar-refractivity contribution in [1.82, 2.24) is 19.9 Å². The summed E-state index contributed by atoms with van der Waals surface area (Å²) in [5.74, 6) is -1.69. The Balaban J connectivity index is 1.57. The molecule has 0 radical (unpaired) electrons. The van der Waals surface area contributed by atoms with Crippen LogP contribution in [0.4, 0.5) is 4.79 Å². The minimum Gasteiger partial charge on any atom is -0.448 e. The van der Waals surface area contributed by atoms with Crippen LogP contribution in [0.25, 0.3) is 0 Å². The number of amides is 3. The zero-order valence-electron chi connectivity index (χ0n) is 15.3. The minimum atomic E-state index is -3.76. The molecule has 1 unspecified atom stereocenters. The summed E-state index contributed by atoms with van der Waals surface area (Å²) in [5.41, 5.74) is -0.117. The van der Waals surface area contributed by atoms with Crippen LogP contribution < -0.4 is 10.6 Å². The van der Waals surface area contributed by atoms with Crippen LogP contribution in [-0.4, -0.2) is 74.1 Å². The molecule has 1 aliphatic carbocycles. The number of urea groups is 1. The van der Waals surface area contributed by atoms with Gasteiger partial charge in [0.2, 0.25) is 10.0 Å². The van der Waals surface area contributed by atoms with Gasteiger partial charge in [0.1, 0.15) is 10.6 Å². The number of nitrogens with one attached hydrogen (secondary N) is 3. The highest BCUT2D eigenvalue weighted by Crippen LogP contribution is 2.19. The van der Waals surface area contributed by atoms with Crippen LogP contribution in [-0.2, 0) is 24.3 Å². The topological polar surface area (TPSA) is 147 Å².